The van der Waals surface area contributed by atoms with Gasteiger partial charge in [-0.3, -0.25) is 4.98 Å². The van der Waals surface area contributed by atoms with Crippen LogP contribution in [0.5, 0.6) is 5.75 Å². The molecule has 0 bridgehead atoms. The Morgan fingerprint density at radius 1 is 1.17 bits per heavy atom. The highest BCUT2D eigenvalue weighted by atomic mass is 35.5. The molecule has 0 radical (unpaired) electrons. The van der Waals surface area contributed by atoms with E-state index in [-0.39, 0.29) is 41.3 Å². The second-order valence-corrected chi connectivity index (χ2v) is 12.0. The number of pyridine rings is 2. The zero-order valence-corrected chi connectivity index (χ0v) is 21.7. The number of aliphatic hydroxyl groups is 1. The van der Waals surface area contributed by atoms with Gasteiger partial charge in [-0.25, -0.2) is 13.4 Å². The molecular weight excluding hydrogens is 500 g/mol. The van der Waals surface area contributed by atoms with Gasteiger partial charge < -0.3 is 20.4 Å². The van der Waals surface area contributed by atoms with Gasteiger partial charge in [0, 0.05) is 36.2 Å². The van der Waals surface area contributed by atoms with Gasteiger partial charge in [-0.05, 0) is 70.0 Å². The number of phenols is 1. The Hall–Kier alpha value is -2.46. The minimum Gasteiger partial charge on any atom is -0.506 e. The van der Waals surface area contributed by atoms with Crippen LogP contribution in [0.2, 0.25) is 5.02 Å². The highest BCUT2D eigenvalue weighted by molar-refractivity contribution is 7.90. The summed E-state index contributed by atoms with van der Waals surface area (Å²) in [6.45, 7) is 0.672. The van der Waals surface area contributed by atoms with Crippen LogP contribution in [0.15, 0.2) is 35.4 Å². The van der Waals surface area contributed by atoms with E-state index in [1.165, 1.54) is 12.5 Å². The number of hydrogen-bond donors (Lipinski definition) is 3. The molecule has 2 aromatic heterocycles. The topological polar surface area (TPSA) is 116 Å². The summed E-state index contributed by atoms with van der Waals surface area (Å²) in [6, 6.07) is 6.85. The summed E-state index contributed by atoms with van der Waals surface area (Å²) in [5.41, 5.74) is 2.89. The van der Waals surface area contributed by atoms with Gasteiger partial charge in [-0.15, -0.1) is 0 Å². The molecule has 4 rings (SSSR count). The Morgan fingerprint density at radius 2 is 1.86 bits per heavy atom. The van der Waals surface area contributed by atoms with E-state index in [1.54, 1.807) is 24.3 Å². The summed E-state index contributed by atoms with van der Waals surface area (Å²) in [5.74, 6) is 0.461. The number of hydrogen-bond acceptors (Lipinski definition) is 8. The number of halogens is 1. The number of aliphatic hydroxyl groups excluding tert-OH is 1. The van der Waals surface area contributed by atoms with Crippen LogP contribution in [0.1, 0.15) is 38.7 Å². The molecule has 1 fully saturated rings. The molecule has 3 aromatic rings. The Morgan fingerprint density at radius 3 is 2.47 bits per heavy atom. The molecule has 0 spiro atoms. The number of fused-ring (bicyclic) bond motifs is 1. The van der Waals surface area contributed by atoms with Gasteiger partial charge >= 0.3 is 0 Å². The number of rotatable bonds is 7. The number of anilines is 1. The van der Waals surface area contributed by atoms with Crippen LogP contribution in [-0.4, -0.2) is 66.4 Å². The molecule has 1 aliphatic carbocycles. The lowest BCUT2D eigenvalue weighted by Crippen LogP contribution is -2.31. The van der Waals surface area contributed by atoms with E-state index < -0.39 is 9.84 Å². The minimum absolute atomic E-state index is 0. The highest BCUT2D eigenvalue weighted by Gasteiger charge is 2.25. The first kappa shape index (κ1) is 28.1. The predicted octanol–water partition coefficient (Wildman–Crippen LogP) is 4.72. The number of aromatic hydroxyl groups is 1. The molecule has 0 atom stereocenters. The maximum atomic E-state index is 12.6. The fourth-order valence-corrected chi connectivity index (χ4v) is 5.77. The number of nitrogens with one attached hydrogen (secondary N) is 1. The van der Waals surface area contributed by atoms with Crippen molar-refractivity contribution in [2.24, 2.45) is 5.92 Å². The minimum atomic E-state index is -3.56. The number of nitrogens with zero attached hydrogens (tertiary/aromatic N) is 3. The maximum absolute atomic E-state index is 12.6. The van der Waals surface area contributed by atoms with Crippen molar-refractivity contribution >= 4 is 38.2 Å². The Kier molecular flexibility index (Phi) is 8.82. The normalized spacial score (nSPS) is 18.3. The van der Waals surface area contributed by atoms with E-state index in [9.17, 15) is 18.6 Å². The molecule has 0 amide bonds. The average molecular weight is 535 g/mol. The lowest BCUT2D eigenvalue weighted by Gasteiger charge is -2.31. The van der Waals surface area contributed by atoms with Crippen molar-refractivity contribution in [3.63, 3.8) is 0 Å². The van der Waals surface area contributed by atoms with Crippen LogP contribution in [0, 0.1) is 5.92 Å². The first-order valence-electron chi connectivity index (χ1n) is 11.6. The fourth-order valence-electron chi connectivity index (χ4n) is 4.77. The third-order valence-corrected chi connectivity index (χ3v) is 7.90. The van der Waals surface area contributed by atoms with Gasteiger partial charge in [0.25, 0.3) is 0 Å². The van der Waals surface area contributed by atoms with Gasteiger partial charge in [-0.2, -0.15) is 0 Å². The Bertz CT molecular complexity index is 1340. The largest absolute Gasteiger partial charge is 0.506 e. The van der Waals surface area contributed by atoms with Crippen LogP contribution < -0.4 is 5.32 Å². The Labute approximate surface area is 218 Å². The molecular formula is C26H35ClN4O4S. The molecule has 36 heavy (non-hydrogen) atoms. The summed E-state index contributed by atoms with van der Waals surface area (Å²) in [7, 11) is 0.605. The first-order valence-corrected chi connectivity index (χ1v) is 13.9. The second-order valence-electron chi connectivity index (χ2n) is 9.58. The van der Waals surface area contributed by atoms with Gasteiger partial charge in [-0.1, -0.05) is 19.0 Å². The third kappa shape index (κ3) is 6.08. The van der Waals surface area contributed by atoms with Crippen molar-refractivity contribution in [3.8, 4) is 17.0 Å². The van der Waals surface area contributed by atoms with Gasteiger partial charge in [0.05, 0.1) is 28.5 Å². The van der Waals surface area contributed by atoms with Crippen molar-refractivity contribution < 1.29 is 18.6 Å². The zero-order valence-electron chi connectivity index (χ0n) is 20.1. The lowest BCUT2D eigenvalue weighted by molar-refractivity contribution is 0.255. The summed E-state index contributed by atoms with van der Waals surface area (Å²) >= 11 is 6.16. The molecule has 10 heteroatoms. The lowest BCUT2D eigenvalue weighted by atomic mass is 9.85. The van der Waals surface area contributed by atoms with Crippen LogP contribution >= 0.6 is 11.6 Å². The van der Waals surface area contributed by atoms with Gasteiger partial charge in [0.1, 0.15) is 16.2 Å². The number of aromatic nitrogens is 2. The third-order valence-electron chi connectivity index (χ3n) is 6.50. The predicted molar refractivity (Wildman–Crippen MR) is 145 cm³/mol. The molecule has 2 heterocycles. The molecule has 196 valence electrons. The van der Waals surface area contributed by atoms with Crippen molar-refractivity contribution in [1.82, 2.24) is 14.9 Å². The molecule has 0 unspecified atom stereocenters. The summed E-state index contributed by atoms with van der Waals surface area (Å²) in [5, 5.41) is 23.2. The van der Waals surface area contributed by atoms with E-state index in [0.717, 1.165) is 32.2 Å². The Balaban J connectivity index is 0.00000361. The van der Waals surface area contributed by atoms with Crippen molar-refractivity contribution in [3.05, 3.63) is 41.0 Å². The van der Waals surface area contributed by atoms with Crippen LogP contribution in [0.3, 0.4) is 0 Å². The van der Waals surface area contributed by atoms with Crippen LogP contribution in [0.4, 0.5) is 5.69 Å². The standard InChI is InChI=1S/C25H31ClN4O4S.CH4/c1-30(2)13-15-4-6-18(7-5-15)28-24-22(35(3,33)34)12-27-21-9-8-20(29-23(21)24)16-10-17(14-31)25(32)19(26)11-16;/h8-12,15,18,31-32H,4-7,13-14H2,1-3H3,(H,27,28);1H4. The molecule has 3 N–H and O–H groups in total. The van der Waals surface area contributed by atoms with E-state index in [2.05, 4.69) is 29.3 Å². The monoisotopic (exact) mass is 534 g/mol. The summed E-state index contributed by atoms with van der Waals surface area (Å²) < 4.78 is 25.3. The number of benzene rings is 1. The molecule has 0 saturated heterocycles. The molecule has 1 saturated carbocycles. The van der Waals surface area contributed by atoms with Crippen molar-refractivity contribution in [2.45, 2.75) is 50.7 Å². The zero-order chi connectivity index (χ0) is 25.3. The smallest absolute Gasteiger partial charge is 0.179 e. The van der Waals surface area contributed by atoms with Crippen molar-refractivity contribution in [2.75, 3.05) is 32.2 Å². The number of sulfone groups is 1. The highest BCUT2D eigenvalue weighted by Crippen LogP contribution is 2.36. The summed E-state index contributed by atoms with van der Waals surface area (Å²) in [4.78, 5) is 11.4. The quantitative estimate of drug-likeness (QED) is 0.399. The fraction of sp³-hybridized carbons (Fsp3) is 0.462. The van der Waals surface area contributed by atoms with Crippen molar-refractivity contribution in [1.29, 1.82) is 0 Å². The molecule has 8 nitrogen and oxygen atoms in total. The van der Waals surface area contributed by atoms with Gasteiger partial charge in [0.2, 0.25) is 0 Å². The van der Waals surface area contributed by atoms with E-state index in [1.807, 2.05) is 0 Å². The maximum Gasteiger partial charge on any atom is 0.179 e. The summed E-state index contributed by atoms with van der Waals surface area (Å²) in [6.07, 6.45) is 6.59. The molecule has 1 aromatic carbocycles. The van der Waals surface area contributed by atoms with Crippen LogP contribution in [-0.2, 0) is 16.4 Å². The first-order chi connectivity index (χ1) is 16.6. The molecule has 1 aliphatic rings. The average Bonchev–Trinajstić information content (AvgIpc) is 2.80. The SMILES string of the molecule is C.CN(C)CC1CCC(Nc2c(S(C)(=O)=O)cnc3ccc(-c4cc(Cl)c(O)c(CO)c4)nc23)CC1. The molecule has 0 aliphatic heterocycles. The second kappa shape index (κ2) is 11.3. The van der Waals surface area contributed by atoms with E-state index >= 15 is 0 Å². The van der Waals surface area contributed by atoms with Crippen LogP contribution in [0.25, 0.3) is 22.3 Å². The van der Waals surface area contributed by atoms with E-state index in [0.29, 0.717) is 33.9 Å². The van der Waals surface area contributed by atoms with Gasteiger partial charge in [0.15, 0.2) is 9.84 Å². The van der Waals surface area contributed by atoms with E-state index in [4.69, 9.17) is 16.6 Å².